The monoisotopic (exact) mass is 269 g/mol. The number of hydrogen-bond donors (Lipinski definition) is 2. The first-order valence-corrected chi connectivity index (χ1v) is 6.24. The maximum atomic E-state index is 11.3. The van der Waals surface area contributed by atoms with E-state index in [9.17, 15) is 9.59 Å². The minimum atomic E-state index is -0.976. The molecule has 0 spiro atoms. The van der Waals surface area contributed by atoms with Gasteiger partial charge in [-0.25, -0.2) is 4.79 Å². The highest BCUT2D eigenvalue weighted by Crippen LogP contribution is 2.15. The van der Waals surface area contributed by atoms with Crippen LogP contribution in [0.25, 0.3) is 6.08 Å². The van der Waals surface area contributed by atoms with Crippen molar-refractivity contribution in [1.29, 1.82) is 0 Å². The average molecular weight is 269 g/mol. The minimum absolute atomic E-state index is 0.0621. The minimum Gasteiger partial charge on any atom is -0.478 e. The third-order valence-electron chi connectivity index (χ3n) is 2.09. The summed E-state index contributed by atoms with van der Waals surface area (Å²) in [5, 5.41) is 13.1. The van der Waals surface area contributed by atoms with Gasteiger partial charge >= 0.3 is 5.97 Å². The molecule has 98 valence electrons. The Morgan fingerprint density at radius 3 is 3.00 bits per heavy atom. The predicted molar refractivity (Wildman–Crippen MR) is 69.3 cm³/mol. The topological polar surface area (TPSA) is 75.6 Å². The fourth-order valence-electron chi connectivity index (χ4n) is 1.21. The highest BCUT2D eigenvalue weighted by atomic mass is 32.1. The van der Waals surface area contributed by atoms with Gasteiger partial charge in [0.2, 0.25) is 5.91 Å². The lowest BCUT2D eigenvalue weighted by Crippen LogP contribution is -2.23. The van der Waals surface area contributed by atoms with Crippen LogP contribution in [-0.4, -0.2) is 30.7 Å². The Morgan fingerprint density at radius 2 is 2.33 bits per heavy atom. The molecule has 5 nitrogen and oxygen atoms in total. The van der Waals surface area contributed by atoms with E-state index in [2.05, 4.69) is 5.32 Å². The predicted octanol–water partition coefficient (Wildman–Crippen LogP) is 1.50. The van der Waals surface area contributed by atoms with Crippen molar-refractivity contribution >= 4 is 29.3 Å². The molecule has 2 N–H and O–H groups in total. The van der Waals surface area contributed by atoms with E-state index in [0.29, 0.717) is 19.6 Å². The maximum Gasteiger partial charge on any atom is 0.328 e. The molecule has 1 aromatic rings. The molecule has 0 saturated heterocycles. The Morgan fingerprint density at radius 1 is 1.56 bits per heavy atom. The third kappa shape index (κ3) is 5.60. The molecule has 6 heteroatoms. The Kier molecular flexibility index (Phi) is 6.10. The quantitative estimate of drug-likeness (QED) is 0.735. The number of amides is 1. The van der Waals surface area contributed by atoms with Gasteiger partial charge in [0.1, 0.15) is 0 Å². The lowest BCUT2D eigenvalue weighted by atomic mass is 10.3. The summed E-state index contributed by atoms with van der Waals surface area (Å²) in [4.78, 5) is 22.6. The molecule has 0 fully saturated rings. The van der Waals surface area contributed by atoms with Crippen LogP contribution in [0.2, 0.25) is 0 Å². The van der Waals surface area contributed by atoms with E-state index >= 15 is 0 Å². The van der Waals surface area contributed by atoms with Crippen LogP contribution < -0.4 is 5.32 Å². The number of nitrogens with one attached hydrogen (secondary N) is 1. The molecule has 0 atom stereocenters. The smallest absolute Gasteiger partial charge is 0.328 e. The van der Waals surface area contributed by atoms with Crippen LogP contribution in [-0.2, 0) is 20.9 Å². The first-order chi connectivity index (χ1) is 8.61. The van der Waals surface area contributed by atoms with E-state index in [0.717, 1.165) is 16.5 Å². The summed E-state index contributed by atoms with van der Waals surface area (Å²) in [6, 6.07) is 1.85. The summed E-state index contributed by atoms with van der Waals surface area (Å²) >= 11 is 1.48. The van der Waals surface area contributed by atoms with E-state index in [1.54, 1.807) is 7.11 Å². The molecule has 0 aliphatic rings. The van der Waals surface area contributed by atoms with Gasteiger partial charge in [0.25, 0.3) is 0 Å². The number of carboxylic acids is 1. The van der Waals surface area contributed by atoms with Gasteiger partial charge in [-0.3, -0.25) is 4.79 Å². The van der Waals surface area contributed by atoms with Crippen LogP contribution in [0.15, 0.2) is 17.5 Å². The zero-order valence-corrected chi connectivity index (χ0v) is 10.8. The van der Waals surface area contributed by atoms with E-state index in [1.807, 2.05) is 11.4 Å². The van der Waals surface area contributed by atoms with Crippen LogP contribution >= 0.6 is 11.3 Å². The zero-order chi connectivity index (χ0) is 13.4. The normalized spacial score (nSPS) is 10.7. The van der Waals surface area contributed by atoms with Crippen molar-refractivity contribution in [3.05, 3.63) is 28.0 Å². The van der Waals surface area contributed by atoms with Crippen LogP contribution in [0.1, 0.15) is 16.9 Å². The second-order valence-corrected chi connectivity index (χ2v) is 4.53. The number of carbonyl (C=O) groups is 2. The Balaban J connectivity index is 2.39. The zero-order valence-electron chi connectivity index (χ0n) is 10.0. The number of carboxylic acid groups (broad SMARTS) is 1. The summed E-state index contributed by atoms with van der Waals surface area (Å²) in [6.07, 6.45) is 2.95. The van der Waals surface area contributed by atoms with Gasteiger partial charge in [0, 0.05) is 24.5 Å². The van der Waals surface area contributed by atoms with Crippen molar-refractivity contribution in [2.24, 2.45) is 0 Å². The number of rotatable bonds is 7. The molecule has 0 saturated carbocycles. The number of ether oxygens (including phenoxy) is 1. The largest absolute Gasteiger partial charge is 0.478 e. The highest BCUT2D eigenvalue weighted by Gasteiger charge is 2.02. The van der Waals surface area contributed by atoms with Crippen molar-refractivity contribution in [3.8, 4) is 0 Å². The molecular formula is C12H15NO4S. The van der Waals surface area contributed by atoms with Crippen LogP contribution in [0, 0.1) is 0 Å². The van der Waals surface area contributed by atoms with Gasteiger partial charge in [-0.05, 0) is 23.1 Å². The van der Waals surface area contributed by atoms with Crippen molar-refractivity contribution < 1.29 is 19.4 Å². The molecule has 0 aliphatic heterocycles. The second kappa shape index (κ2) is 7.62. The Hall–Kier alpha value is -1.66. The van der Waals surface area contributed by atoms with Gasteiger partial charge in [-0.15, -0.1) is 11.3 Å². The van der Waals surface area contributed by atoms with Crippen LogP contribution in [0.3, 0.4) is 0 Å². The summed E-state index contributed by atoms with van der Waals surface area (Å²) in [5.74, 6) is -1.04. The molecule has 1 heterocycles. The number of methoxy groups -OCH3 is 1. The number of hydrogen-bond acceptors (Lipinski definition) is 4. The summed E-state index contributed by atoms with van der Waals surface area (Å²) in [6.45, 7) is 0.858. The van der Waals surface area contributed by atoms with Gasteiger partial charge < -0.3 is 15.2 Å². The Labute approximate surface area is 109 Å². The molecule has 1 amide bonds. The standard InChI is InChI=1S/C12H15NO4S/c1-17-5-4-11(14)13-7-10-6-9(8-18-10)2-3-12(15)16/h2-3,6,8H,4-5,7H2,1H3,(H,13,14)(H,15,16). The molecule has 0 unspecified atom stereocenters. The molecule has 0 bridgehead atoms. The van der Waals surface area contributed by atoms with Crippen molar-refractivity contribution in [3.63, 3.8) is 0 Å². The van der Waals surface area contributed by atoms with E-state index in [1.165, 1.54) is 17.4 Å². The number of thiophene rings is 1. The van der Waals surface area contributed by atoms with Gasteiger partial charge in [-0.1, -0.05) is 0 Å². The van der Waals surface area contributed by atoms with E-state index < -0.39 is 5.97 Å². The fraction of sp³-hybridized carbons (Fsp3) is 0.333. The molecule has 0 radical (unpaired) electrons. The molecule has 1 rings (SSSR count). The number of carbonyl (C=O) groups excluding carboxylic acids is 1. The van der Waals surface area contributed by atoms with Crippen molar-refractivity contribution in [2.75, 3.05) is 13.7 Å². The summed E-state index contributed by atoms with van der Waals surface area (Å²) in [5.41, 5.74) is 0.823. The highest BCUT2D eigenvalue weighted by molar-refractivity contribution is 7.10. The second-order valence-electron chi connectivity index (χ2n) is 3.54. The van der Waals surface area contributed by atoms with Crippen molar-refractivity contribution in [2.45, 2.75) is 13.0 Å². The SMILES string of the molecule is COCCC(=O)NCc1cc(C=CC(=O)O)cs1. The molecule has 0 aromatic carbocycles. The lowest BCUT2D eigenvalue weighted by Gasteiger charge is -2.02. The van der Waals surface area contributed by atoms with Crippen LogP contribution in [0.4, 0.5) is 0 Å². The summed E-state index contributed by atoms with van der Waals surface area (Å²) < 4.78 is 4.80. The third-order valence-corrected chi connectivity index (χ3v) is 3.04. The van der Waals surface area contributed by atoms with Gasteiger partial charge in [-0.2, -0.15) is 0 Å². The molecule has 1 aromatic heterocycles. The first kappa shape index (κ1) is 14.4. The summed E-state index contributed by atoms with van der Waals surface area (Å²) in [7, 11) is 1.55. The Bertz CT molecular complexity index is 439. The maximum absolute atomic E-state index is 11.3. The average Bonchev–Trinajstić information content (AvgIpc) is 2.79. The molecule has 0 aliphatic carbocycles. The van der Waals surface area contributed by atoms with E-state index in [-0.39, 0.29) is 5.91 Å². The first-order valence-electron chi connectivity index (χ1n) is 5.36. The van der Waals surface area contributed by atoms with Crippen molar-refractivity contribution in [1.82, 2.24) is 5.32 Å². The number of aliphatic carboxylic acids is 1. The molecule has 18 heavy (non-hydrogen) atoms. The molecular weight excluding hydrogens is 254 g/mol. The van der Waals surface area contributed by atoms with Crippen LogP contribution in [0.5, 0.6) is 0 Å². The van der Waals surface area contributed by atoms with Gasteiger partial charge in [0.15, 0.2) is 0 Å². The van der Waals surface area contributed by atoms with E-state index in [4.69, 9.17) is 9.84 Å². The fourth-order valence-corrected chi connectivity index (χ4v) is 2.01. The lowest BCUT2D eigenvalue weighted by molar-refractivity contribution is -0.131. The van der Waals surface area contributed by atoms with Gasteiger partial charge in [0.05, 0.1) is 13.2 Å².